The van der Waals surface area contributed by atoms with Gasteiger partial charge in [-0.15, -0.1) is 0 Å². The predicted molar refractivity (Wildman–Crippen MR) is 203 cm³/mol. The van der Waals surface area contributed by atoms with Gasteiger partial charge in [-0.1, -0.05) is 90.6 Å². The van der Waals surface area contributed by atoms with Crippen LogP contribution in [0.15, 0.2) is 145 Å². The summed E-state index contributed by atoms with van der Waals surface area (Å²) in [5, 5.41) is 16.3. The summed E-state index contributed by atoms with van der Waals surface area (Å²) in [5.41, 5.74) is 6.49. The first-order chi connectivity index (χ1) is 25.5. The molecule has 52 heavy (non-hydrogen) atoms. The number of rotatable bonds is 12. The lowest BCUT2D eigenvalue weighted by molar-refractivity contribution is -0.245. The van der Waals surface area contributed by atoms with Crippen LogP contribution < -0.4 is 15.4 Å². The van der Waals surface area contributed by atoms with Gasteiger partial charge in [0.2, 0.25) is 0 Å². The van der Waals surface area contributed by atoms with Crippen LogP contribution in [0.5, 0.6) is 11.5 Å². The molecule has 3 N–H and O–H groups in total. The smallest absolute Gasteiger partial charge is 0.319 e. The maximum Gasteiger partial charge on any atom is 0.319 e. The highest BCUT2D eigenvalue weighted by Gasteiger charge is 2.32. The summed E-state index contributed by atoms with van der Waals surface area (Å²) in [6.07, 6.45) is 3.61. The molecule has 1 aliphatic rings. The quantitative estimate of drug-likeness (QED) is 0.109. The van der Waals surface area contributed by atoms with E-state index >= 15 is 0 Å². The van der Waals surface area contributed by atoms with Gasteiger partial charge in [0.05, 0.1) is 18.8 Å². The molecule has 0 radical (unpaired) electrons. The number of thioether (sulfide) groups is 1. The lowest BCUT2D eigenvalue weighted by Gasteiger charge is -2.36. The van der Waals surface area contributed by atoms with Crippen molar-refractivity contribution in [3.05, 3.63) is 162 Å². The van der Waals surface area contributed by atoms with Crippen molar-refractivity contribution in [2.45, 2.75) is 43.2 Å². The first kappa shape index (κ1) is 35.0. The summed E-state index contributed by atoms with van der Waals surface area (Å²) in [5.74, 6) is 2.17. The summed E-state index contributed by atoms with van der Waals surface area (Å²) in [6.45, 7) is 0.355. The highest BCUT2D eigenvalue weighted by atomic mass is 32.2. The number of amides is 2. The summed E-state index contributed by atoms with van der Waals surface area (Å²) in [7, 11) is 1.99. The van der Waals surface area contributed by atoms with E-state index in [1.807, 2.05) is 121 Å². The Bertz CT molecular complexity index is 2070. The number of anilines is 1. The van der Waals surface area contributed by atoms with Crippen LogP contribution in [0.4, 0.5) is 10.5 Å². The Labute approximate surface area is 307 Å². The number of nitrogens with one attached hydrogen (secondary N) is 2. The van der Waals surface area contributed by atoms with Crippen LogP contribution in [0.2, 0.25) is 0 Å². The molecule has 3 unspecified atom stereocenters. The van der Waals surface area contributed by atoms with Gasteiger partial charge in [-0.2, -0.15) is 0 Å². The molecule has 0 aliphatic carbocycles. The Morgan fingerprint density at radius 1 is 0.846 bits per heavy atom. The number of hydrogen-bond donors (Lipinski definition) is 3. The second-order valence-electron chi connectivity index (χ2n) is 12.6. The number of carbonyl (C=O) groups excluding carboxylic acids is 1. The van der Waals surface area contributed by atoms with Crippen molar-refractivity contribution >= 4 is 23.5 Å². The first-order valence-electron chi connectivity index (χ1n) is 17.2. The minimum absolute atomic E-state index is 0.00178. The minimum atomic E-state index is -0.573. The number of aryl methyl sites for hydroxylation is 1. The topological polar surface area (TPSA) is 107 Å². The maximum atomic E-state index is 12.8. The second-order valence-corrected chi connectivity index (χ2v) is 13.5. The second kappa shape index (κ2) is 16.8. The number of benzene rings is 5. The zero-order valence-electron chi connectivity index (χ0n) is 28.7. The van der Waals surface area contributed by atoms with E-state index in [0.29, 0.717) is 24.4 Å². The lowest BCUT2D eigenvalue weighted by Crippen LogP contribution is -2.31. The van der Waals surface area contributed by atoms with Crippen LogP contribution in [-0.2, 0) is 29.7 Å². The minimum Gasteiger partial charge on any atom is -0.457 e. The molecule has 7 rings (SSSR count). The number of aliphatic hydroxyl groups is 1. The predicted octanol–water partition coefficient (Wildman–Crippen LogP) is 9.03. The lowest BCUT2D eigenvalue weighted by atomic mass is 9.99. The molecule has 3 atom stereocenters. The van der Waals surface area contributed by atoms with Crippen molar-refractivity contribution in [1.82, 2.24) is 14.9 Å². The van der Waals surface area contributed by atoms with Gasteiger partial charge in [0.25, 0.3) is 0 Å². The molecule has 0 bridgehead atoms. The molecule has 5 aromatic carbocycles. The van der Waals surface area contributed by atoms with Gasteiger partial charge < -0.3 is 34.5 Å². The Kier molecular flexibility index (Phi) is 11.3. The number of urea groups is 1. The van der Waals surface area contributed by atoms with Crippen molar-refractivity contribution in [3.63, 3.8) is 0 Å². The van der Waals surface area contributed by atoms with E-state index in [1.165, 1.54) is 0 Å². The zero-order chi connectivity index (χ0) is 35.7. The largest absolute Gasteiger partial charge is 0.457 e. The van der Waals surface area contributed by atoms with Crippen LogP contribution in [0.3, 0.4) is 0 Å². The van der Waals surface area contributed by atoms with E-state index in [-0.39, 0.29) is 24.8 Å². The Balaban J connectivity index is 1.00. The van der Waals surface area contributed by atoms with E-state index in [0.717, 1.165) is 50.0 Å². The fourth-order valence-corrected chi connectivity index (χ4v) is 6.95. The van der Waals surface area contributed by atoms with E-state index < -0.39 is 6.29 Å². The maximum absolute atomic E-state index is 12.8. The van der Waals surface area contributed by atoms with Gasteiger partial charge in [0.1, 0.15) is 11.5 Å². The molecule has 9 nitrogen and oxygen atoms in total. The van der Waals surface area contributed by atoms with Crippen LogP contribution in [0, 0.1) is 0 Å². The summed E-state index contributed by atoms with van der Waals surface area (Å²) < 4.78 is 21.0. The molecule has 0 saturated carbocycles. The molecule has 264 valence electrons. The molecule has 10 heteroatoms. The molecule has 2 amide bonds. The molecule has 6 aromatic rings. The number of aliphatic hydroxyl groups excluding tert-OH is 1. The standard InChI is InChI=1S/C42H40N4O5S/c1-46-22-21-43-42(46)52-28-38-25-39(31-15-13-29(27-47)14-16-31)51-40(50-38)34-10-6-9-33(24-34)32-8-5-7-30(23-32)26-44-41(48)45-35-17-19-37(20-18-35)49-36-11-3-2-4-12-36/h2-24,38-40,47H,25-28H2,1H3,(H2,44,45,48). The van der Waals surface area contributed by atoms with E-state index in [2.05, 4.69) is 39.9 Å². The molecule has 2 heterocycles. The number of ether oxygens (including phenoxy) is 3. The fraction of sp³-hybridized carbons (Fsp3) is 0.190. The molecule has 1 aromatic heterocycles. The monoisotopic (exact) mass is 712 g/mol. The normalized spacial score (nSPS) is 17.0. The molecule has 1 aliphatic heterocycles. The third-order valence-corrected chi connectivity index (χ3v) is 9.94. The average molecular weight is 713 g/mol. The van der Waals surface area contributed by atoms with Crippen molar-refractivity contribution in [3.8, 4) is 22.6 Å². The third-order valence-electron chi connectivity index (χ3n) is 8.75. The highest BCUT2D eigenvalue weighted by molar-refractivity contribution is 7.99. The van der Waals surface area contributed by atoms with Gasteiger partial charge in [-0.05, 0) is 76.3 Å². The van der Waals surface area contributed by atoms with Crippen molar-refractivity contribution in [1.29, 1.82) is 0 Å². The van der Waals surface area contributed by atoms with Gasteiger partial charge >= 0.3 is 6.03 Å². The van der Waals surface area contributed by atoms with Crippen LogP contribution >= 0.6 is 11.8 Å². The van der Waals surface area contributed by atoms with Crippen molar-refractivity contribution in [2.75, 3.05) is 11.1 Å². The van der Waals surface area contributed by atoms with Gasteiger partial charge in [0, 0.05) is 49.4 Å². The summed E-state index contributed by atoms with van der Waals surface area (Å²) in [4.78, 5) is 17.2. The number of carbonyl (C=O) groups is 1. The number of imidazole rings is 1. The van der Waals surface area contributed by atoms with Gasteiger partial charge in [0.15, 0.2) is 11.4 Å². The number of nitrogens with zero attached hydrogens (tertiary/aromatic N) is 2. The first-order valence-corrected chi connectivity index (χ1v) is 18.2. The number of para-hydroxylation sites is 1. The number of aromatic nitrogens is 2. The van der Waals surface area contributed by atoms with E-state index in [4.69, 9.17) is 14.2 Å². The van der Waals surface area contributed by atoms with Crippen molar-refractivity contribution in [2.24, 2.45) is 7.05 Å². The molecule has 1 fully saturated rings. The van der Waals surface area contributed by atoms with E-state index in [9.17, 15) is 9.90 Å². The Morgan fingerprint density at radius 2 is 1.60 bits per heavy atom. The average Bonchev–Trinajstić information content (AvgIpc) is 3.61. The van der Waals surface area contributed by atoms with Crippen LogP contribution in [-0.4, -0.2) is 32.5 Å². The highest BCUT2D eigenvalue weighted by Crippen LogP contribution is 2.40. The van der Waals surface area contributed by atoms with Gasteiger partial charge in [-0.3, -0.25) is 0 Å². The van der Waals surface area contributed by atoms with Crippen molar-refractivity contribution < 1.29 is 24.1 Å². The molecular weight excluding hydrogens is 673 g/mol. The van der Waals surface area contributed by atoms with Crippen LogP contribution in [0.25, 0.3) is 11.1 Å². The summed E-state index contributed by atoms with van der Waals surface area (Å²) >= 11 is 1.67. The number of hydrogen-bond acceptors (Lipinski definition) is 7. The fourth-order valence-electron chi connectivity index (χ4n) is 6.00. The molecule has 0 spiro atoms. The van der Waals surface area contributed by atoms with E-state index in [1.54, 1.807) is 18.0 Å². The zero-order valence-corrected chi connectivity index (χ0v) is 29.5. The summed E-state index contributed by atoms with van der Waals surface area (Å²) in [6, 6.07) is 40.8. The Morgan fingerprint density at radius 3 is 2.35 bits per heavy atom. The molecular formula is C42H40N4O5S. The molecule has 1 saturated heterocycles. The van der Waals surface area contributed by atoms with Gasteiger partial charge in [-0.25, -0.2) is 9.78 Å². The Hall–Kier alpha value is -5.39. The third kappa shape index (κ3) is 9.09. The van der Waals surface area contributed by atoms with Crippen LogP contribution in [0.1, 0.15) is 41.1 Å². The SMILES string of the molecule is Cn1ccnc1SCC1CC(c2ccc(CO)cc2)OC(c2cccc(-c3cccc(CNC(=O)Nc4ccc(Oc5ccccc5)cc4)c3)c2)O1.